The molecule has 15 heteroatoms. The third kappa shape index (κ3) is 5.46. The van der Waals surface area contributed by atoms with Gasteiger partial charge in [0, 0.05) is 59.1 Å². The largest absolute Gasteiger partial charge is 0.386 e. The summed E-state index contributed by atoms with van der Waals surface area (Å²) in [6, 6.07) is 4.30. The molecule has 2 aliphatic heterocycles. The van der Waals surface area contributed by atoms with E-state index in [0.29, 0.717) is 32.4 Å². The minimum absolute atomic E-state index is 0.0208. The Hall–Kier alpha value is -3.04. The molecule has 1 aromatic carbocycles. The van der Waals surface area contributed by atoms with Crippen LogP contribution in [0.3, 0.4) is 0 Å². The van der Waals surface area contributed by atoms with Crippen LogP contribution in [-0.2, 0) is 10.0 Å². The van der Waals surface area contributed by atoms with Gasteiger partial charge in [-0.15, -0.1) is 17.9 Å². The number of aliphatic imine (C=N–C) groups is 1. The van der Waals surface area contributed by atoms with Crippen molar-refractivity contribution >= 4 is 44.4 Å². The molecule has 1 N–H and O–H groups in total. The lowest BCUT2D eigenvalue weighted by Crippen LogP contribution is -2.47. The van der Waals surface area contributed by atoms with Crippen molar-refractivity contribution in [3.05, 3.63) is 87.5 Å². The summed E-state index contributed by atoms with van der Waals surface area (Å²) in [6.45, 7) is 0.368. The van der Waals surface area contributed by atoms with Crippen LogP contribution in [0.1, 0.15) is 35.3 Å². The van der Waals surface area contributed by atoms with Gasteiger partial charge in [0.05, 0.1) is 18.5 Å². The van der Waals surface area contributed by atoms with Crippen molar-refractivity contribution < 1.29 is 26.7 Å². The second kappa shape index (κ2) is 10.7. The van der Waals surface area contributed by atoms with Gasteiger partial charge in [0.15, 0.2) is 10.8 Å². The first kappa shape index (κ1) is 28.5. The van der Waals surface area contributed by atoms with Gasteiger partial charge in [-0.25, -0.2) is 22.5 Å². The Kier molecular flexibility index (Phi) is 7.65. The summed E-state index contributed by atoms with van der Waals surface area (Å²) < 4.78 is 67.5. The van der Waals surface area contributed by atoms with Gasteiger partial charge >= 0.3 is 6.55 Å². The molecule has 0 radical (unpaired) electrons. The smallest absolute Gasteiger partial charge is 0.333 e. The highest BCUT2D eigenvalue weighted by Crippen LogP contribution is 2.48. The van der Waals surface area contributed by atoms with E-state index in [1.54, 1.807) is 16.5 Å². The number of nitrogens with zero attached hydrogens (tertiary/aromatic N) is 6. The first-order valence-electron chi connectivity index (χ1n) is 12.0. The number of thiazole rings is 1. The fraction of sp³-hybridized carbons (Fsp3) is 0.320. The molecule has 0 unspecified atom stereocenters. The van der Waals surface area contributed by atoms with Gasteiger partial charge in [0.1, 0.15) is 17.5 Å². The maximum absolute atomic E-state index is 14.0. The molecular formula is C25H24ClF3N6O3S2. The molecule has 0 bridgehead atoms. The number of alkyl halides is 2. The predicted octanol–water partition coefficient (Wildman–Crippen LogP) is 4.32. The van der Waals surface area contributed by atoms with Crippen LogP contribution in [0.4, 0.5) is 13.2 Å². The first-order chi connectivity index (χ1) is 18.9. The van der Waals surface area contributed by atoms with Crippen molar-refractivity contribution in [2.45, 2.75) is 24.6 Å². The fourth-order valence-electron chi connectivity index (χ4n) is 4.94. The molecular weight excluding hydrogens is 589 g/mol. The highest BCUT2D eigenvalue weighted by atomic mass is 35.5. The zero-order chi connectivity index (χ0) is 28.8. The summed E-state index contributed by atoms with van der Waals surface area (Å²) in [4.78, 5) is 11.0. The van der Waals surface area contributed by atoms with Crippen LogP contribution in [0, 0.1) is 5.82 Å². The van der Waals surface area contributed by atoms with E-state index >= 15 is 0 Å². The quantitative estimate of drug-likeness (QED) is 0.361. The van der Waals surface area contributed by atoms with Gasteiger partial charge in [-0.05, 0) is 18.2 Å². The van der Waals surface area contributed by atoms with Crippen LogP contribution >= 0.6 is 22.9 Å². The molecule has 1 fully saturated rings. The Bertz CT molecular complexity index is 1610. The Balaban J connectivity index is 1.71. The van der Waals surface area contributed by atoms with Crippen molar-refractivity contribution in [1.82, 2.24) is 24.0 Å². The third-order valence-electron chi connectivity index (χ3n) is 6.60. The Labute approximate surface area is 237 Å². The third-order valence-corrected chi connectivity index (χ3v) is 8.92. The van der Waals surface area contributed by atoms with Gasteiger partial charge in [0.2, 0.25) is 10.0 Å². The number of aromatic nitrogens is 3. The fourth-order valence-corrected chi connectivity index (χ4v) is 6.70. The number of hydrogen-bond acceptors (Lipinski definition) is 8. The maximum Gasteiger partial charge on any atom is 0.333 e. The normalized spacial score (nSPS) is 21.4. The summed E-state index contributed by atoms with van der Waals surface area (Å²) in [5.74, 6) is -0.192. The summed E-state index contributed by atoms with van der Waals surface area (Å²) in [7, 11) is -3.70. The van der Waals surface area contributed by atoms with E-state index in [-0.39, 0.29) is 36.8 Å². The molecule has 0 saturated carbocycles. The molecule has 2 aliphatic rings. The number of rotatable bonds is 9. The molecule has 5 rings (SSSR count). The van der Waals surface area contributed by atoms with Crippen LogP contribution in [0.2, 0.25) is 5.02 Å². The zero-order valence-electron chi connectivity index (χ0n) is 21.1. The lowest BCUT2D eigenvalue weighted by Gasteiger charge is -2.32. The van der Waals surface area contributed by atoms with Gasteiger partial charge in [0.25, 0.3) is 0 Å². The van der Waals surface area contributed by atoms with Gasteiger partial charge in [-0.2, -0.15) is 18.2 Å². The molecule has 1 saturated heterocycles. The SMILES string of the molecule is C=CCN(C[C@]1(O)CC2=C(c3ccn(C(F)F)n3)[C@H](c3ccc(F)cc3Cl)N=C(c3nccs3)N2C1)S(C)(=O)=O. The molecule has 2 atom stereocenters. The monoisotopic (exact) mass is 612 g/mol. The highest BCUT2D eigenvalue weighted by molar-refractivity contribution is 7.88. The van der Waals surface area contributed by atoms with Crippen LogP contribution in [0.25, 0.3) is 5.57 Å². The highest BCUT2D eigenvalue weighted by Gasteiger charge is 2.48. The predicted molar refractivity (Wildman–Crippen MR) is 146 cm³/mol. The summed E-state index contributed by atoms with van der Waals surface area (Å²) in [5, 5.41) is 18.2. The van der Waals surface area contributed by atoms with E-state index < -0.39 is 34.0 Å². The molecule has 4 heterocycles. The zero-order valence-corrected chi connectivity index (χ0v) is 23.5. The van der Waals surface area contributed by atoms with E-state index in [0.717, 1.165) is 22.8 Å². The maximum atomic E-state index is 14.0. The topological polar surface area (TPSA) is 104 Å². The van der Waals surface area contributed by atoms with E-state index in [1.807, 2.05) is 0 Å². The number of aliphatic hydroxyl groups is 1. The average Bonchev–Trinajstić information content (AvgIpc) is 3.62. The van der Waals surface area contributed by atoms with Crippen molar-refractivity contribution in [3.8, 4) is 0 Å². The molecule has 0 aliphatic carbocycles. The van der Waals surface area contributed by atoms with E-state index in [9.17, 15) is 26.7 Å². The van der Waals surface area contributed by atoms with Crippen LogP contribution < -0.4 is 0 Å². The lowest BCUT2D eigenvalue weighted by atomic mass is 9.91. The van der Waals surface area contributed by atoms with Crippen molar-refractivity contribution in [2.24, 2.45) is 4.99 Å². The number of fused-ring (bicyclic) bond motifs is 1. The summed E-state index contributed by atoms with van der Waals surface area (Å²) >= 11 is 7.75. The summed E-state index contributed by atoms with van der Waals surface area (Å²) in [5.41, 5.74) is -0.190. The van der Waals surface area contributed by atoms with Crippen molar-refractivity contribution in [1.29, 1.82) is 0 Å². The van der Waals surface area contributed by atoms with Crippen LogP contribution in [-0.4, -0.2) is 74.8 Å². The molecule has 212 valence electrons. The number of hydrogen-bond donors (Lipinski definition) is 1. The van der Waals surface area contributed by atoms with Crippen LogP contribution in [0.15, 0.2) is 65.4 Å². The van der Waals surface area contributed by atoms with Gasteiger partial charge in [-0.1, -0.05) is 23.7 Å². The lowest BCUT2D eigenvalue weighted by molar-refractivity contribution is 0.0389. The minimum atomic E-state index is -3.70. The molecule has 3 aromatic rings. The minimum Gasteiger partial charge on any atom is -0.386 e. The first-order valence-corrected chi connectivity index (χ1v) is 15.1. The Morgan fingerprint density at radius 3 is 2.75 bits per heavy atom. The average molecular weight is 613 g/mol. The van der Waals surface area contributed by atoms with E-state index in [4.69, 9.17) is 16.6 Å². The standard InChI is InChI=1S/C25H24ClF3N6O3S2/c1-3-8-33(40(2,37)38)13-25(36)12-19-20(18-6-9-35(32-18)24(28)29)21(16-5-4-15(27)11-17(16)26)31-22(34(19)14-25)23-30-7-10-39-23/h3-7,9-11,21,24,36H,1,8,12-14H2,2H3/t21-,25+/m0/s1. The number of benzene rings is 1. The molecule has 0 amide bonds. The van der Waals surface area contributed by atoms with Crippen LogP contribution in [0.5, 0.6) is 0 Å². The Morgan fingerprint density at radius 2 is 2.15 bits per heavy atom. The Morgan fingerprint density at radius 1 is 1.38 bits per heavy atom. The molecule has 40 heavy (non-hydrogen) atoms. The second-order valence-corrected chi connectivity index (χ2v) is 12.8. The second-order valence-electron chi connectivity index (χ2n) is 9.51. The number of amidine groups is 1. The number of sulfonamides is 1. The number of halogens is 4. The molecule has 9 nitrogen and oxygen atoms in total. The van der Waals surface area contributed by atoms with Crippen molar-refractivity contribution in [3.63, 3.8) is 0 Å². The molecule has 2 aromatic heterocycles. The van der Waals surface area contributed by atoms with Crippen molar-refractivity contribution in [2.75, 3.05) is 25.9 Å². The van der Waals surface area contributed by atoms with E-state index in [1.165, 1.54) is 35.6 Å². The molecule has 0 spiro atoms. The van der Waals surface area contributed by atoms with Gasteiger partial charge < -0.3 is 10.0 Å². The summed E-state index contributed by atoms with van der Waals surface area (Å²) in [6.07, 6.45) is 5.11. The van der Waals surface area contributed by atoms with Gasteiger partial charge in [-0.3, -0.25) is 4.99 Å². The van der Waals surface area contributed by atoms with E-state index in [2.05, 4.69) is 16.7 Å².